The smallest absolute Gasteiger partial charge is 0.326 e. The monoisotopic (exact) mass is 1050 g/mol. The normalized spacial score (nSPS) is 21.1. The minimum atomic E-state index is -1.55. The SMILES string of the molecule is O=COCN1CCN(COC=O)CCN(CC(=O)NC23CCC(C(=O)N[C@@H](Cc4ccc5ccccc5c4)C(=O)NCCCCC(NC(=O)N[C@@H](CCC(=O)O)C(=O)O)C(=O)O)(CC2)CC3)CCN(CC(=O)O)CC1. The Morgan fingerprint density at radius 3 is 1.67 bits per heavy atom. The molecule has 0 spiro atoms. The Hall–Kier alpha value is -6.96. The van der Waals surface area contributed by atoms with Crippen molar-refractivity contribution in [3.8, 4) is 0 Å². The number of carboxylic acid groups (broad SMARTS) is 4. The van der Waals surface area contributed by atoms with Crippen molar-refractivity contribution in [1.82, 2.24) is 46.2 Å². The van der Waals surface area contributed by atoms with Gasteiger partial charge in [-0.1, -0.05) is 42.5 Å². The summed E-state index contributed by atoms with van der Waals surface area (Å²) in [5.74, 6) is -6.06. The molecular weight excluding hydrogens is 983 g/mol. The Morgan fingerprint density at radius 1 is 0.600 bits per heavy atom. The Kier molecular flexibility index (Phi) is 23.0. The van der Waals surface area contributed by atoms with Gasteiger partial charge in [-0.2, -0.15) is 0 Å². The zero-order valence-electron chi connectivity index (χ0n) is 42.1. The second kappa shape index (κ2) is 29.2. The van der Waals surface area contributed by atoms with Gasteiger partial charge in [-0.3, -0.25) is 53.2 Å². The molecule has 3 atom stereocenters. The predicted octanol–water partition coefficient (Wildman–Crippen LogP) is 0.000400. The van der Waals surface area contributed by atoms with Gasteiger partial charge in [-0.25, -0.2) is 14.4 Å². The maximum Gasteiger partial charge on any atom is 0.326 e. The summed E-state index contributed by atoms with van der Waals surface area (Å²) in [7, 11) is 0. The van der Waals surface area contributed by atoms with Crippen LogP contribution >= 0.6 is 0 Å². The maximum atomic E-state index is 14.4. The number of nitrogens with one attached hydrogen (secondary N) is 5. The number of fused-ring (bicyclic) bond motifs is 4. The van der Waals surface area contributed by atoms with Crippen molar-refractivity contribution in [3.63, 3.8) is 0 Å². The molecule has 4 aliphatic rings. The first-order chi connectivity index (χ1) is 35.9. The van der Waals surface area contributed by atoms with E-state index in [1.807, 2.05) is 57.2 Å². The average molecular weight is 1050 g/mol. The van der Waals surface area contributed by atoms with Crippen molar-refractivity contribution in [2.75, 3.05) is 85.5 Å². The van der Waals surface area contributed by atoms with Gasteiger partial charge in [-0.05, 0) is 80.5 Å². The van der Waals surface area contributed by atoms with Crippen molar-refractivity contribution in [3.05, 3.63) is 48.0 Å². The van der Waals surface area contributed by atoms with Crippen molar-refractivity contribution in [2.45, 2.75) is 101 Å². The van der Waals surface area contributed by atoms with Crippen LogP contribution in [0, 0.1) is 5.41 Å². The molecule has 412 valence electrons. The largest absolute Gasteiger partial charge is 0.481 e. The summed E-state index contributed by atoms with van der Waals surface area (Å²) < 4.78 is 10.0. The fourth-order valence-electron chi connectivity index (χ4n) is 9.94. The second-order valence-corrected chi connectivity index (χ2v) is 19.6. The molecule has 1 aliphatic heterocycles. The first-order valence-electron chi connectivity index (χ1n) is 25.3. The van der Waals surface area contributed by atoms with Crippen LogP contribution in [0.5, 0.6) is 0 Å². The zero-order valence-corrected chi connectivity index (χ0v) is 42.1. The number of aliphatic carboxylic acids is 4. The van der Waals surface area contributed by atoms with Crippen LogP contribution in [-0.2, 0) is 59.0 Å². The van der Waals surface area contributed by atoms with Crippen molar-refractivity contribution in [2.24, 2.45) is 5.41 Å². The fraction of sp³-hybridized carbons (Fsp3) is 0.600. The lowest BCUT2D eigenvalue weighted by Gasteiger charge is -2.53. The van der Waals surface area contributed by atoms with E-state index < -0.39 is 77.7 Å². The summed E-state index contributed by atoms with van der Waals surface area (Å²) in [6.45, 7) is 3.73. The number of hydrogen-bond donors (Lipinski definition) is 9. The molecule has 9 N–H and O–H groups in total. The maximum absolute atomic E-state index is 14.4. The number of amides is 5. The molecule has 2 aromatic rings. The van der Waals surface area contributed by atoms with Gasteiger partial charge in [0.05, 0.1) is 13.1 Å². The Bertz CT molecular complexity index is 2300. The highest BCUT2D eigenvalue weighted by Crippen LogP contribution is 2.52. The number of ether oxygens (including phenoxy) is 2. The molecule has 1 heterocycles. The standard InChI is InChI=1S/C50H71N9O16/c60-33-74-31-58-23-21-56(19-20-57(30-43(65)66)22-24-59(26-25-58)32-75-34-61)29-41(62)55-50-15-12-49(13-16-50,14-17-50)47(72)52-40(28-35-8-9-36-5-1-2-6-37(36)27-35)44(67)51-18-4-3-7-38(45(68)69)53-48(73)54-39(46(70)71)10-11-42(63)64/h1-2,5-6,8-9,27,33-34,38-40H,3-4,7,10-26,28-32H2,(H,51,67)(H,52,72)(H,55,62)(H,63,64)(H,65,66)(H,68,69)(H,70,71)(H2,53,54,73)/t38?,39-,40-,49?,50?/m0/s1. The van der Waals surface area contributed by atoms with Crippen LogP contribution in [0.15, 0.2) is 42.5 Å². The number of nitrogens with zero attached hydrogens (tertiary/aromatic N) is 4. The molecule has 2 aromatic carbocycles. The summed E-state index contributed by atoms with van der Waals surface area (Å²) in [6, 6.07) is 8.51. The Morgan fingerprint density at radius 2 is 1.13 bits per heavy atom. The fourth-order valence-corrected chi connectivity index (χ4v) is 9.94. The third-order valence-electron chi connectivity index (χ3n) is 14.4. The van der Waals surface area contributed by atoms with E-state index >= 15 is 0 Å². The number of rotatable bonds is 28. The van der Waals surface area contributed by atoms with Crippen LogP contribution < -0.4 is 26.6 Å². The molecule has 5 amide bonds. The molecule has 75 heavy (non-hydrogen) atoms. The Balaban J connectivity index is 1.18. The van der Waals surface area contributed by atoms with Crippen LogP contribution in [0.3, 0.4) is 0 Å². The van der Waals surface area contributed by atoms with Gasteiger partial charge >= 0.3 is 29.9 Å². The van der Waals surface area contributed by atoms with E-state index in [2.05, 4.69) is 26.6 Å². The number of carbonyl (C=O) groups excluding carboxylic acids is 6. The van der Waals surface area contributed by atoms with Crippen LogP contribution in [0.1, 0.15) is 76.2 Å². The first-order valence-corrected chi connectivity index (χ1v) is 25.3. The molecule has 4 fully saturated rings. The predicted molar refractivity (Wildman–Crippen MR) is 267 cm³/mol. The molecule has 2 bridgehead atoms. The molecule has 3 aliphatic carbocycles. The molecular formula is C50H71N9O16. The van der Waals surface area contributed by atoms with E-state index in [1.165, 1.54) is 0 Å². The van der Waals surface area contributed by atoms with Gasteiger partial charge in [0.15, 0.2) is 0 Å². The number of carboxylic acids is 4. The molecule has 0 aromatic heterocycles. The van der Waals surface area contributed by atoms with E-state index in [4.69, 9.17) is 14.6 Å². The topological polar surface area (TPSA) is 343 Å². The molecule has 1 unspecified atom stereocenters. The number of unbranched alkanes of at least 4 members (excludes halogenated alkanes) is 1. The van der Waals surface area contributed by atoms with Gasteiger partial charge in [-0.15, -0.1) is 0 Å². The highest BCUT2D eigenvalue weighted by Gasteiger charge is 2.53. The van der Waals surface area contributed by atoms with Crippen molar-refractivity contribution < 1.29 is 77.8 Å². The summed E-state index contributed by atoms with van der Waals surface area (Å²) in [5.41, 5.74) is -0.530. The Labute approximate surface area is 434 Å². The highest BCUT2D eigenvalue weighted by molar-refractivity contribution is 5.91. The lowest BCUT2D eigenvalue weighted by atomic mass is 9.56. The van der Waals surface area contributed by atoms with E-state index in [9.17, 15) is 63.3 Å². The first kappa shape index (κ1) is 58.9. The lowest BCUT2D eigenvalue weighted by Crippen LogP contribution is -2.62. The molecule has 25 heteroatoms. The molecule has 6 rings (SSSR count). The molecule has 0 radical (unpaired) electrons. The van der Waals surface area contributed by atoms with Crippen molar-refractivity contribution >= 4 is 71.3 Å². The van der Waals surface area contributed by atoms with E-state index in [0.717, 1.165) is 16.3 Å². The highest BCUT2D eigenvalue weighted by atomic mass is 16.5. The number of hydrogen-bond acceptors (Lipinski definition) is 16. The van der Waals surface area contributed by atoms with Crippen LogP contribution in [0.2, 0.25) is 0 Å². The van der Waals surface area contributed by atoms with Crippen LogP contribution in [0.25, 0.3) is 10.8 Å². The van der Waals surface area contributed by atoms with Crippen LogP contribution in [-0.4, -0.2) is 210 Å². The number of carbonyl (C=O) groups is 10. The second-order valence-electron chi connectivity index (χ2n) is 19.6. The summed E-state index contributed by atoms with van der Waals surface area (Å²) in [6.07, 6.45) is 2.66. The number of benzene rings is 2. The quantitative estimate of drug-likeness (QED) is 0.0400. The third kappa shape index (κ3) is 19.0. The summed E-state index contributed by atoms with van der Waals surface area (Å²) in [4.78, 5) is 130. The van der Waals surface area contributed by atoms with Crippen molar-refractivity contribution in [1.29, 1.82) is 0 Å². The van der Waals surface area contributed by atoms with Gasteiger partial charge in [0, 0.05) is 82.7 Å². The minimum Gasteiger partial charge on any atom is -0.481 e. The lowest BCUT2D eigenvalue weighted by molar-refractivity contribution is -0.143. The minimum absolute atomic E-state index is 0.00591. The van der Waals surface area contributed by atoms with Gasteiger partial charge in [0.25, 0.3) is 12.9 Å². The van der Waals surface area contributed by atoms with Gasteiger partial charge in [0.1, 0.15) is 31.6 Å². The zero-order chi connectivity index (χ0) is 54.4. The molecule has 3 saturated carbocycles. The van der Waals surface area contributed by atoms with E-state index in [-0.39, 0.29) is 64.2 Å². The van der Waals surface area contributed by atoms with Crippen LogP contribution in [0.4, 0.5) is 4.79 Å². The van der Waals surface area contributed by atoms with Gasteiger partial charge in [0.2, 0.25) is 17.7 Å². The van der Waals surface area contributed by atoms with E-state index in [0.29, 0.717) is 110 Å². The summed E-state index contributed by atoms with van der Waals surface area (Å²) in [5, 5.41) is 53.1. The molecule has 25 nitrogen and oxygen atoms in total. The summed E-state index contributed by atoms with van der Waals surface area (Å²) >= 11 is 0. The number of urea groups is 1. The third-order valence-corrected chi connectivity index (χ3v) is 14.4. The van der Waals surface area contributed by atoms with E-state index in [1.54, 1.807) is 4.90 Å². The average Bonchev–Trinajstić information content (AvgIpc) is 3.38. The molecule has 1 saturated heterocycles. The van der Waals surface area contributed by atoms with Gasteiger partial charge < -0.3 is 56.5 Å².